The summed E-state index contributed by atoms with van der Waals surface area (Å²) in [5, 5.41) is 36.3. The summed E-state index contributed by atoms with van der Waals surface area (Å²) in [6.07, 6.45) is 9.61. The number of nitrogens with one attached hydrogen (secondary N) is 1. The first kappa shape index (κ1) is 53.9. The number of benzene rings is 4. The number of likely N-dealkylation sites (N-methyl/N-ethyl adjacent to an activating group) is 2. The lowest BCUT2D eigenvalue weighted by Gasteiger charge is -2.35. The Morgan fingerprint density at radius 1 is 0.818 bits per heavy atom. The van der Waals surface area contributed by atoms with Crippen LogP contribution in [0.2, 0.25) is 0 Å². The molecule has 6 aliphatic heterocycles. The first-order valence-electron chi connectivity index (χ1n) is 27.6. The van der Waals surface area contributed by atoms with Gasteiger partial charge >= 0.3 is 6.01 Å². The first-order chi connectivity index (χ1) is 37.2. The van der Waals surface area contributed by atoms with Crippen LogP contribution in [0.1, 0.15) is 90.9 Å². The summed E-state index contributed by atoms with van der Waals surface area (Å²) in [5.74, 6) is -0.0316. The van der Waals surface area contributed by atoms with Gasteiger partial charge in [0.2, 0.25) is 0 Å². The number of aldehydes is 1. The van der Waals surface area contributed by atoms with Crippen molar-refractivity contribution in [2.24, 2.45) is 5.92 Å². The number of carbonyl (C=O) groups is 2. The topological polar surface area (TPSA) is 174 Å². The van der Waals surface area contributed by atoms with Gasteiger partial charge in [-0.25, -0.2) is 4.39 Å². The molecule has 2 aromatic heterocycles. The molecule has 5 fully saturated rings. The number of hydrogen-bond acceptors (Lipinski definition) is 15. The maximum Gasteiger partial charge on any atom is 0.318 e. The molecule has 0 saturated carbocycles. The van der Waals surface area contributed by atoms with Gasteiger partial charge in [-0.2, -0.15) is 9.97 Å². The minimum Gasteiger partial charge on any atom is -0.508 e. The third kappa shape index (κ3) is 12.1. The number of anilines is 1. The van der Waals surface area contributed by atoms with E-state index < -0.39 is 5.82 Å². The van der Waals surface area contributed by atoms with Crippen LogP contribution < -0.4 is 15.0 Å². The zero-order valence-corrected chi connectivity index (χ0v) is 45.3. The van der Waals surface area contributed by atoms with Gasteiger partial charge in [-0.15, -0.1) is 0 Å². The summed E-state index contributed by atoms with van der Waals surface area (Å²) in [6, 6.07) is 21.7. The second-order valence-electron chi connectivity index (χ2n) is 22.5. The molecule has 3 atom stereocenters. The standard InChI is InChI=1S/C25H30N2O4.C24H22FN5O2.C11H23N3/c1-16(2)21-10-22(24(30)11-23(21)29)25(31)27-13-19-4-3-18(9-20(19)14-27)12-26-7-5-17(15-28)6-8-26;1-32-24-28-22-19(23(29-24)30-11-14-6-7-15(12-30)27-14)10-26-21(20(22)25)18-9-16(31)8-13-4-2-3-5-17(13)18;1-12-6-8-14(9-7-12)10-11-4-3-5-13(11)2/h3-4,9-11,15-17,29-30H,5-8,12-14H2,1-2H3;2-5,8-10,14-15,27,31H,6-7,11-12H2,1H3;11H,3-10H2,1-2H3/t;;11-/m..1/s1. The number of nitrogens with zero attached hydrogens (tertiary/aromatic N) is 9. The molecule has 17 heteroatoms. The quantitative estimate of drug-likeness (QED) is 0.0980. The van der Waals surface area contributed by atoms with Crippen molar-refractivity contribution in [1.82, 2.24) is 44.8 Å². The maximum absolute atomic E-state index is 15.9. The van der Waals surface area contributed by atoms with E-state index in [9.17, 15) is 24.9 Å². The molecule has 2 unspecified atom stereocenters. The fourth-order valence-electron chi connectivity index (χ4n) is 12.1. The smallest absolute Gasteiger partial charge is 0.318 e. The van der Waals surface area contributed by atoms with Crippen molar-refractivity contribution in [3.63, 3.8) is 0 Å². The normalized spacial score (nSPS) is 21.3. The first-order valence-corrected chi connectivity index (χ1v) is 27.6. The number of halogens is 1. The number of phenols is 3. The van der Waals surface area contributed by atoms with E-state index in [1.165, 1.54) is 76.9 Å². The number of ether oxygens (including phenoxy) is 1. The number of amides is 1. The van der Waals surface area contributed by atoms with Crippen molar-refractivity contribution in [3.8, 4) is 34.5 Å². The van der Waals surface area contributed by atoms with Crippen molar-refractivity contribution in [1.29, 1.82) is 0 Å². The Balaban J connectivity index is 0.000000141. The molecule has 0 aliphatic carbocycles. The van der Waals surface area contributed by atoms with E-state index in [4.69, 9.17) is 4.74 Å². The van der Waals surface area contributed by atoms with E-state index in [0.29, 0.717) is 47.5 Å². The average molecular weight is 1050 g/mol. The van der Waals surface area contributed by atoms with E-state index >= 15 is 4.39 Å². The lowest BCUT2D eigenvalue weighted by Crippen LogP contribution is -2.51. The molecule has 0 radical (unpaired) electrons. The van der Waals surface area contributed by atoms with Crippen LogP contribution in [0.5, 0.6) is 23.3 Å². The van der Waals surface area contributed by atoms with Crippen LogP contribution in [-0.4, -0.2) is 172 Å². The highest BCUT2D eigenvalue weighted by Crippen LogP contribution is 2.39. The van der Waals surface area contributed by atoms with E-state index in [0.717, 1.165) is 92.6 Å². The van der Waals surface area contributed by atoms with E-state index in [1.807, 2.05) is 38.1 Å². The summed E-state index contributed by atoms with van der Waals surface area (Å²) in [5.41, 5.74) is 5.17. The van der Waals surface area contributed by atoms with Crippen molar-refractivity contribution in [3.05, 3.63) is 107 Å². The van der Waals surface area contributed by atoms with Crippen LogP contribution in [0.15, 0.2) is 72.9 Å². The highest BCUT2D eigenvalue weighted by atomic mass is 19.1. The van der Waals surface area contributed by atoms with Gasteiger partial charge in [-0.3, -0.25) is 19.6 Å². The van der Waals surface area contributed by atoms with Crippen molar-refractivity contribution < 1.29 is 34.0 Å². The number of aromatic nitrogens is 3. The van der Waals surface area contributed by atoms with Crippen molar-refractivity contribution >= 4 is 39.7 Å². The Labute approximate surface area is 451 Å². The van der Waals surface area contributed by atoms with Gasteiger partial charge in [-0.1, -0.05) is 56.3 Å². The molecule has 1 amide bonds. The summed E-state index contributed by atoms with van der Waals surface area (Å²) >= 11 is 0. The minimum absolute atomic E-state index is 0.00979. The lowest BCUT2D eigenvalue weighted by molar-refractivity contribution is -0.112. The van der Waals surface area contributed by atoms with Gasteiger partial charge in [0.15, 0.2) is 5.82 Å². The third-order valence-electron chi connectivity index (χ3n) is 16.7. The summed E-state index contributed by atoms with van der Waals surface area (Å²) in [7, 11) is 5.97. The van der Waals surface area contributed by atoms with E-state index in [1.54, 1.807) is 23.2 Å². The van der Waals surface area contributed by atoms with Crippen LogP contribution in [0.4, 0.5) is 10.2 Å². The number of rotatable bonds is 10. The number of phenolic OH excluding ortho intramolecular Hbond substituents is 3. The minimum atomic E-state index is -0.557. The second kappa shape index (κ2) is 23.6. The van der Waals surface area contributed by atoms with Gasteiger partial charge in [0, 0.05) is 107 Å². The molecular weight excluding hydrogens is 976 g/mol. The average Bonchev–Trinajstić information content (AvgIpc) is 4.22. The number of carbonyl (C=O) groups excluding carboxylic acids is 2. The predicted octanol–water partition coefficient (Wildman–Crippen LogP) is 7.76. The highest BCUT2D eigenvalue weighted by Gasteiger charge is 2.35. The molecule has 16 nitrogen and oxygen atoms in total. The summed E-state index contributed by atoms with van der Waals surface area (Å²) in [6.45, 7) is 16.8. The fraction of sp³-hybridized carbons (Fsp3) is 0.483. The zero-order valence-electron chi connectivity index (χ0n) is 45.3. The molecule has 8 heterocycles. The third-order valence-corrected chi connectivity index (χ3v) is 16.7. The van der Waals surface area contributed by atoms with E-state index in [2.05, 4.69) is 77.1 Å². The molecule has 5 saturated heterocycles. The maximum atomic E-state index is 15.9. The number of aromatic hydroxyl groups is 3. The molecule has 4 aromatic carbocycles. The lowest BCUT2D eigenvalue weighted by atomic mass is 9.98. The highest BCUT2D eigenvalue weighted by molar-refractivity contribution is 6.00. The molecule has 6 aliphatic rings. The number of likely N-dealkylation sites (tertiary alicyclic amines) is 2. The molecule has 6 aromatic rings. The van der Waals surface area contributed by atoms with Gasteiger partial charge in [-0.05, 0) is 129 Å². The van der Waals surface area contributed by atoms with Gasteiger partial charge < -0.3 is 49.8 Å². The Bertz CT molecular complexity index is 3080. The number of fused-ring (bicyclic) bond motifs is 5. The number of methoxy groups -OCH3 is 1. The SMILES string of the molecule is CC(C)c1cc(C(=O)N2Cc3ccc(CN4CCC(C=O)CC4)cc3C2)c(O)cc1O.CN1CCN(C[C@H]2CCCN2C)CC1.COc1nc(N2CC3CCC(C2)N3)c2cnc(-c3cc(O)cc4ccccc34)c(F)c2n1. The molecule has 12 rings (SSSR count). The zero-order chi connectivity index (χ0) is 53.9. The van der Waals surface area contributed by atoms with Crippen molar-refractivity contribution in [2.45, 2.75) is 96.1 Å². The molecular formula is C60H75FN10O6. The van der Waals surface area contributed by atoms with E-state index in [-0.39, 0.29) is 57.8 Å². The van der Waals surface area contributed by atoms with Gasteiger partial charge in [0.25, 0.3) is 5.91 Å². The molecule has 2 bridgehead atoms. The van der Waals surface area contributed by atoms with Crippen LogP contribution in [0.25, 0.3) is 32.9 Å². The second-order valence-corrected chi connectivity index (χ2v) is 22.5. The van der Waals surface area contributed by atoms with Gasteiger partial charge in [0.05, 0.1) is 18.1 Å². The van der Waals surface area contributed by atoms with Crippen LogP contribution in [0.3, 0.4) is 0 Å². The van der Waals surface area contributed by atoms with Gasteiger partial charge in [0.1, 0.15) is 40.6 Å². The summed E-state index contributed by atoms with van der Waals surface area (Å²) in [4.78, 5) is 51.3. The molecule has 408 valence electrons. The largest absolute Gasteiger partial charge is 0.508 e. The fourth-order valence-corrected chi connectivity index (χ4v) is 12.1. The monoisotopic (exact) mass is 1050 g/mol. The molecule has 77 heavy (non-hydrogen) atoms. The molecule has 4 N–H and O–H groups in total. The Morgan fingerprint density at radius 2 is 1.56 bits per heavy atom. The number of pyridine rings is 1. The predicted molar refractivity (Wildman–Crippen MR) is 298 cm³/mol. The Kier molecular flexibility index (Phi) is 16.5. The Morgan fingerprint density at radius 3 is 2.26 bits per heavy atom. The number of piperidine rings is 1. The van der Waals surface area contributed by atoms with Crippen LogP contribution in [0, 0.1) is 11.7 Å². The van der Waals surface area contributed by atoms with Crippen LogP contribution in [-0.2, 0) is 24.4 Å². The number of hydrogen-bond donors (Lipinski definition) is 4. The van der Waals surface area contributed by atoms with Crippen LogP contribution >= 0.6 is 0 Å². The van der Waals surface area contributed by atoms with Crippen molar-refractivity contribution in [2.75, 3.05) is 91.6 Å². The molecule has 0 spiro atoms. The number of piperazine rings is 2. The summed E-state index contributed by atoms with van der Waals surface area (Å²) < 4.78 is 21.2. The Hall–Kier alpha value is -6.50.